The van der Waals surface area contributed by atoms with Gasteiger partial charge < -0.3 is 4.74 Å². The second-order valence-electron chi connectivity index (χ2n) is 2.72. The number of hydrogen-bond donors (Lipinski definition) is 0. The van der Waals surface area contributed by atoms with E-state index in [1.165, 1.54) is 7.11 Å². The molecule has 0 N–H and O–H groups in total. The molecule has 1 unspecified atom stereocenters. The van der Waals surface area contributed by atoms with Gasteiger partial charge in [0.2, 0.25) is 0 Å². The van der Waals surface area contributed by atoms with E-state index in [4.69, 9.17) is 0 Å². The van der Waals surface area contributed by atoms with E-state index >= 15 is 0 Å². The third-order valence-corrected chi connectivity index (χ3v) is 1.68. The maximum absolute atomic E-state index is 11.0. The largest absolute Gasteiger partial charge is 0.464 e. The van der Waals surface area contributed by atoms with E-state index in [2.05, 4.69) is 9.84 Å². The lowest BCUT2D eigenvalue weighted by atomic mass is 10.1. The molecule has 62 valence electrons. The van der Waals surface area contributed by atoms with Gasteiger partial charge in [-0.3, -0.25) is 5.01 Å². The van der Waals surface area contributed by atoms with Crippen LogP contribution in [0.4, 0.5) is 0 Å². The highest BCUT2D eigenvalue weighted by atomic mass is 16.5. The van der Waals surface area contributed by atoms with E-state index in [-0.39, 0.29) is 11.9 Å². The third kappa shape index (κ3) is 1.50. The molecule has 1 rings (SSSR count). The quantitative estimate of drug-likeness (QED) is 0.505. The Labute approximate surface area is 65.8 Å². The van der Waals surface area contributed by atoms with Crippen molar-refractivity contribution >= 4 is 11.7 Å². The van der Waals surface area contributed by atoms with Crippen LogP contribution in [-0.4, -0.2) is 37.4 Å². The summed E-state index contributed by atoms with van der Waals surface area (Å²) in [7, 11) is 3.21. The number of nitrogens with zero attached hydrogens (tertiary/aromatic N) is 2. The Morgan fingerprint density at radius 2 is 2.45 bits per heavy atom. The second kappa shape index (κ2) is 2.90. The number of methoxy groups -OCH3 is 1. The van der Waals surface area contributed by atoms with Crippen LogP contribution in [-0.2, 0) is 9.53 Å². The Morgan fingerprint density at radius 1 is 1.82 bits per heavy atom. The highest BCUT2D eigenvalue weighted by Crippen LogP contribution is 2.11. The minimum atomic E-state index is -0.318. The molecule has 1 aliphatic rings. The van der Waals surface area contributed by atoms with Crippen LogP contribution in [0, 0.1) is 5.92 Å². The molecule has 4 nitrogen and oxygen atoms in total. The zero-order valence-electron chi connectivity index (χ0n) is 7.00. The molecule has 11 heavy (non-hydrogen) atoms. The van der Waals surface area contributed by atoms with Crippen molar-refractivity contribution in [2.24, 2.45) is 11.0 Å². The number of hydrazone groups is 1. The zero-order chi connectivity index (χ0) is 8.43. The molecule has 0 radical (unpaired) electrons. The topological polar surface area (TPSA) is 41.9 Å². The van der Waals surface area contributed by atoms with E-state index in [1.807, 2.05) is 14.0 Å². The van der Waals surface area contributed by atoms with Crippen LogP contribution in [0.1, 0.15) is 6.92 Å². The summed E-state index contributed by atoms with van der Waals surface area (Å²) in [6.07, 6.45) is 0. The van der Waals surface area contributed by atoms with E-state index < -0.39 is 0 Å². The third-order valence-electron chi connectivity index (χ3n) is 1.68. The van der Waals surface area contributed by atoms with Crippen molar-refractivity contribution in [3.63, 3.8) is 0 Å². The van der Waals surface area contributed by atoms with Crippen LogP contribution in [0.25, 0.3) is 0 Å². The molecule has 0 aliphatic carbocycles. The van der Waals surface area contributed by atoms with Crippen LogP contribution >= 0.6 is 0 Å². The Bertz CT molecular complexity index is 201. The highest BCUT2D eigenvalue weighted by Gasteiger charge is 2.26. The molecule has 0 saturated carbocycles. The predicted octanol–water partition coefficient (Wildman–Crippen LogP) is 0.0969. The number of esters is 1. The van der Waals surface area contributed by atoms with Crippen LogP contribution in [0.2, 0.25) is 0 Å². The Morgan fingerprint density at radius 3 is 2.82 bits per heavy atom. The van der Waals surface area contributed by atoms with Gasteiger partial charge in [-0.15, -0.1) is 0 Å². The van der Waals surface area contributed by atoms with Crippen LogP contribution in [0.15, 0.2) is 5.10 Å². The smallest absolute Gasteiger partial charge is 0.354 e. The number of carbonyl (C=O) groups is 1. The zero-order valence-corrected chi connectivity index (χ0v) is 7.00. The van der Waals surface area contributed by atoms with Gasteiger partial charge in [0.05, 0.1) is 7.11 Å². The molecule has 4 heteroatoms. The first-order chi connectivity index (χ1) is 5.15. The van der Waals surface area contributed by atoms with E-state index in [0.717, 1.165) is 6.54 Å². The lowest BCUT2D eigenvalue weighted by molar-refractivity contribution is -0.132. The van der Waals surface area contributed by atoms with Crippen molar-refractivity contribution < 1.29 is 9.53 Å². The summed E-state index contributed by atoms with van der Waals surface area (Å²) >= 11 is 0. The number of carbonyl (C=O) groups excluding carboxylic acids is 1. The number of rotatable bonds is 1. The molecular weight excluding hydrogens is 144 g/mol. The van der Waals surface area contributed by atoms with Crippen molar-refractivity contribution in [2.45, 2.75) is 6.92 Å². The minimum absolute atomic E-state index is 0.187. The van der Waals surface area contributed by atoms with Gasteiger partial charge in [-0.2, -0.15) is 5.10 Å². The second-order valence-corrected chi connectivity index (χ2v) is 2.72. The fraction of sp³-hybridized carbons (Fsp3) is 0.714. The van der Waals surface area contributed by atoms with Gasteiger partial charge in [0.25, 0.3) is 0 Å². The fourth-order valence-corrected chi connectivity index (χ4v) is 1.15. The molecule has 0 spiro atoms. The first-order valence-electron chi connectivity index (χ1n) is 3.53. The van der Waals surface area contributed by atoms with Gasteiger partial charge in [-0.05, 0) is 0 Å². The molecular formula is C7H12N2O2. The number of hydrogen-bond acceptors (Lipinski definition) is 4. The van der Waals surface area contributed by atoms with Crippen LogP contribution < -0.4 is 0 Å². The van der Waals surface area contributed by atoms with Gasteiger partial charge in [0, 0.05) is 19.5 Å². The molecule has 1 heterocycles. The summed E-state index contributed by atoms with van der Waals surface area (Å²) in [4.78, 5) is 11.0. The maximum atomic E-state index is 11.0. The highest BCUT2D eigenvalue weighted by molar-refractivity contribution is 6.37. The SMILES string of the molecule is COC(=O)C1=NN(C)CC1C. The first kappa shape index (κ1) is 8.04. The van der Waals surface area contributed by atoms with E-state index in [9.17, 15) is 4.79 Å². The molecule has 0 aromatic heterocycles. The van der Waals surface area contributed by atoms with Gasteiger partial charge in [-0.25, -0.2) is 4.79 Å². The average molecular weight is 156 g/mol. The normalized spacial score (nSPS) is 23.4. The molecule has 1 atom stereocenters. The summed E-state index contributed by atoms with van der Waals surface area (Å²) < 4.78 is 4.56. The maximum Gasteiger partial charge on any atom is 0.354 e. The van der Waals surface area contributed by atoms with E-state index in [0.29, 0.717) is 5.71 Å². The summed E-state index contributed by atoms with van der Waals surface area (Å²) in [5.74, 6) is -0.130. The molecule has 0 amide bonds. The molecule has 0 aromatic carbocycles. The molecule has 1 aliphatic heterocycles. The lowest BCUT2D eigenvalue weighted by Gasteiger charge is -2.04. The van der Waals surface area contributed by atoms with Crippen molar-refractivity contribution in [1.82, 2.24) is 5.01 Å². The van der Waals surface area contributed by atoms with Crippen molar-refractivity contribution in [3.05, 3.63) is 0 Å². The Kier molecular flexibility index (Phi) is 2.12. The minimum Gasteiger partial charge on any atom is -0.464 e. The van der Waals surface area contributed by atoms with Crippen molar-refractivity contribution in [1.29, 1.82) is 0 Å². The number of ether oxygens (including phenoxy) is 1. The van der Waals surface area contributed by atoms with Gasteiger partial charge in [0.1, 0.15) is 5.71 Å². The molecule has 0 bridgehead atoms. The summed E-state index contributed by atoms with van der Waals surface area (Å²) in [5, 5.41) is 5.76. The molecule has 0 saturated heterocycles. The molecule has 0 aromatic rings. The Balaban J connectivity index is 2.71. The summed E-state index contributed by atoms with van der Waals surface area (Å²) in [5.41, 5.74) is 0.523. The van der Waals surface area contributed by atoms with Gasteiger partial charge >= 0.3 is 5.97 Å². The van der Waals surface area contributed by atoms with Crippen LogP contribution in [0.5, 0.6) is 0 Å². The van der Waals surface area contributed by atoms with Crippen LogP contribution in [0.3, 0.4) is 0 Å². The standard InChI is InChI=1S/C7H12N2O2/c1-5-4-9(2)8-6(5)7(10)11-3/h5H,4H2,1-3H3. The lowest BCUT2D eigenvalue weighted by Crippen LogP contribution is -2.21. The van der Waals surface area contributed by atoms with Gasteiger partial charge in [-0.1, -0.05) is 6.92 Å². The monoisotopic (exact) mass is 156 g/mol. The molecule has 0 fully saturated rings. The first-order valence-corrected chi connectivity index (χ1v) is 3.53. The summed E-state index contributed by atoms with van der Waals surface area (Å²) in [6.45, 7) is 2.75. The van der Waals surface area contributed by atoms with Gasteiger partial charge in [0.15, 0.2) is 0 Å². The fourth-order valence-electron chi connectivity index (χ4n) is 1.15. The van der Waals surface area contributed by atoms with Crippen molar-refractivity contribution in [2.75, 3.05) is 20.7 Å². The predicted molar refractivity (Wildman–Crippen MR) is 41.2 cm³/mol. The summed E-state index contributed by atoms with van der Waals surface area (Å²) in [6, 6.07) is 0. The average Bonchev–Trinajstić information content (AvgIpc) is 2.28. The van der Waals surface area contributed by atoms with Crippen molar-refractivity contribution in [3.8, 4) is 0 Å². The van der Waals surface area contributed by atoms with E-state index in [1.54, 1.807) is 5.01 Å². The Hall–Kier alpha value is -1.06.